The van der Waals surface area contributed by atoms with Crippen molar-refractivity contribution in [1.29, 1.82) is 0 Å². The first-order chi connectivity index (χ1) is 13.4. The summed E-state index contributed by atoms with van der Waals surface area (Å²) in [6.45, 7) is 9.22. The maximum absolute atomic E-state index is 12.4. The molecule has 1 N–H and O–H groups in total. The van der Waals surface area contributed by atoms with Crippen molar-refractivity contribution in [2.24, 2.45) is 0 Å². The maximum Gasteiger partial charge on any atom is 0.234 e. The van der Waals surface area contributed by atoms with Crippen molar-refractivity contribution >= 4 is 11.8 Å². The average molecular weight is 390 g/mol. The molecule has 7 heteroatoms. The van der Waals surface area contributed by atoms with Crippen LogP contribution in [0.5, 0.6) is 0 Å². The van der Waals surface area contributed by atoms with Crippen molar-refractivity contribution in [1.82, 2.24) is 24.9 Å². The fourth-order valence-corrected chi connectivity index (χ4v) is 3.18. The zero-order valence-electron chi connectivity index (χ0n) is 17.6. The third-order valence-electron chi connectivity index (χ3n) is 5.24. The van der Waals surface area contributed by atoms with Gasteiger partial charge in [0.25, 0.3) is 0 Å². The molecule has 1 saturated heterocycles. The number of nitrogens with zero attached hydrogens (tertiary/aromatic N) is 4. The van der Waals surface area contributed by atoms with Crippen molar-refractivity contribution in [3.05, 3.63) is 35.9 Å². The van der Waals surface area contributed by atoms with Crippen LogP contribution in [0.2, 0.25) is 0 Å². The number of carbonyl (C=O) groups is 2. The van der Waals surface area contributed by atoms with Gasteiger partial charge >= 0.3 is 0 Å². The summed E-state index contributed by atoms with van der Waals surface area (Å²) in [4.78, 5) is 32.8. The van der Waals surface area contributed by atoms with Crippen molar-refractivity contribution in [3.63, 3.8) is 0 Å². The van der Waals surface area contributed by atoms with Crippen LogP contribution in [0.1, 0.15) is 12.5 Å². The van der Waals surface area contributed by atoms with Crippen molar-refractivity contribution in [2.45, 2.75) is 13.5 Å². The fourth-order valence-electron chi connectivity index (χ4n) is 3.18. The Balaban J connectivity index is 1.85. The minimum absolute atomic E-state index is 0.0593. The van der Waals surface area contributed by atoms with E-state index in [0.29, 0.717) is 13.1 Å². The molecule has 1 aromatic rings. The SMILES string of the molecule is CC(=O)N1CCN(C)CCN(CC(=O)NCc2ccccc2)CCN(C)CC1. The second-order valence-electron chi connectivity index (χ2n) is 7.65. The van der Waals surface area contributed by atoms with Crippen LogP contribution in [0, 0.1) is 0 Å². The highest BCUT2D eigenvalue weighted by Crippen LogP contribution is 2.00. The molecule has 7 nitrogen and oxygen atoms in total. The van der Waals surface area contributed by atoms with E-state index < -0.39 is 0 Å². The van der Waals surface area contributed by atoms with E-state index in [1.807, 2.05) is 35.2 Å². The van der Waals surface area contributed by atoms with Gasteiger partial charge in [-0.05, 0) is 19.7 Å². The van der Waals surface area contributed by atoms with Crippen LogP contribution < -0.4 is 5.32 Å². The van der Waals surface area contributed by atoms with E-state index in [9.17, 15) is 9.59 Å². The molecule has 156 valence electrons. The monoisotopic (exact) mass is 389 g/mol. The summed E-state index contributed by atoms with van der Waals surface area (Å²) in [5.41, 5.74) is 1.11. The predicted molar refractivity (Wildman–Crippen MR) is 112 cm³/mol. The molecule has 0 aromatic heterocycles. The van der Waals surface area contributed by atoms with Crippen molar-refractivity contribution in [3.8, 4) is 0 Å². The van der Waals surface area contributed by atoms with Crippen LogP contribution in [0.4, 0.5) is 0 Å². The highest BCUT2D eigenvalue weighted by molar-refractivity contribution is 5.78. The molecular weight excluding hydrogens is 354 g/mol. The number of benzene rings is 1. The van der Waals surface area contributed by atoms with Gasteiger partial charge in [0.05, 0.1) is 6.54 Å². The average Bonchev–Trinajstić information content (AvgIpc) is 2.68. The Morgan fingerprint density at radius 2 is 1.39 bits per heavy atom. The molecule has 0 unspecified atom stereocenters. The van der Waals surface area contributed by atoms with E-state index in [4.69, 9.17) is 0 Å². The number of amides is 2. The van der Waals surface area contributed by atoms with Crippen LogP contribution >= 0.6 is 0 Å². The molecule has 1 aliphatic rings. The third-order valence-corrected chi connectivity index (χ3v) is 5.24. The summed E-state index contributed by atoms with van der Waals surface area (Å²) < 4.78 is 0. The van der Waals surface area contributed by atoms with Crippen molar-refractivity contribution < 1.29 is 9.59 Å². The largest absolute Gasteiger partial charge is 0.351 e. The molecule has 1 aliphatic heterocycles. The van der Waals surface area contributed by atoms with E-state index in [-0.39, 0.29) is 11.8 Å². The number of hydrogen-bond donors (Lipinski definition) is 1. The number of likely N-dealkylation sites (N-methyl/N-ethyl adjacent to an activating group) is 2. The molecule has 1 aromatic carbocycles. The second kappa shape index (κ2) is 11.8. The minimum atomic E-state index is 0.0593. The molecule has 0 spiro atoms. The van der Waals surface area contributed by atoms with Crippen LogP contribution in [-0.2, 0) is 16.1 Å². The topological polar surface area (TPSA) is 59.1 Å². The molecule has 1 fully saturated rings. The lowest BCUT2D eigenvalue weighted by Gasteiger charge is -2.31. The van der Waals surface area contributed by atoms with Crippen LogP contribution in [-0.4, -0.2) is 104 Å². The van der Waals surface area contributed by atoms with Gasteiger partial charge in [-0.15, -0.1) is 0 Å². The molecule has 1 heterocycles. The summed E-state index contributed by atoms with van der Waals surface area (Å²) in [6.07, 6.45) is 0. The number of rotatable bonds is 4. The standard InChI is InChI=1S/C21H35N5O2/c1-19(27)26-15-11-23(2)9-13-25(14-10-24(3)12-16-26)18-21(28)22-17-20-7-5-4-6-8-20/h4-8H,9-18H2,1-3H3,(H,22,28). The van der Waals surface area contributed by atoms with E-state index in [1.165, 1.54) is 0 Å². The van der Waals surface area contributed by atoms with Gasteiger partial charge in [0.15, 0.2) is 0 Å². The van der Waals surface area contributed by atoms with Gasteiger partial charge in [-0.25, -0.2) is 0 Å². The number of nitrogens with one attached hydrogen (secondary N) is 1. The van der Waals surface area contributed by atoms with Gasteiger partial charge in [0.2, 0.25) is 11.8 Å². The number of carbonyl (C=O) groups excluding carboxylic acids is 2. The lowest BCUT2D eigenvalue weighted by Crippen LogP contribution is -2.47. The highest BCUT2D eigenvalue weighted by atomic mass is 16.2. The molecule has 28 heavy (non-hydrogen) atoms. The van der Waals surface area contributed by atoms with Crippen LogP contribution in [0.15, 0.2) is 30.3 Å². The lowest BCUT2D eigenvalue weighted by atomic mass is 10.2. The Morgan fingerprint density at radius 3 is 1.93 bits per heavy atom. The van der Waals surface area contributed by atoms with E-state index in [2.05, 4.69) is 34.1 Å². The Kier molecular flexibility index (Phi) is 9.40. The van der Waals surface area contributed by atoms with Gasteiger partial charge in [0.1, 0.15) is 0 Å². The van der Waals surface area contributed by atoms with Crippen molar-refractivity contribution in [2.75, 3.05) is 73.0 Å². The first kappa shape index (κ1) is 22.3. The molecule has 0 bridgehead atoms. The summed E-state index contributed by atoms with van der Waals surface area (Å²) in [6, 6.07) is 9.98. The molecule has 2 amide bonds. The van der Waals surface area contributed by atoms with E-state index in [0.717, 1.165) is 57.9 Å². The summed E-state index contributed by atoms with van der Waals surface area (Å²) in [5, 5.41) is 3.02. The molecule has 0 aliphatic carbocycles. The Labute approximate surface area is 169 Å². The quantitative estimate of drug-likeness (QED) is 0.804. The normalized spacial score (nSPS) is 18.9. The third kappa shape index (κ3) is 8.37. The van der Waals surface area contributed by atoms with Gasteiger partial charge in [0, 0.05) is 65.8 Å². The van der Waals surface area contributed by atoms with Gasteiger partial charge < -0.3 is 20.0 Å². The Hall–Kier alpha value is -1.96. The fraction of sp³-hybridized carbons (Fsp3) is 0.619. The summed E-state index contributed by atoms with van der Waals surface area (Å²) >= 11 is 0. The predicted octanol–water partition coefficient (Wildman–Crippen LogP) is 0.331. The lowest BCUT2D eigenvalue weighted by molar-refractivity contribution is -0.129. The molecule has 0 atom stereocenters. The Bertz CT molecular complexity index is 592. The van der Waals surface area contributed by atoms with Gasteiger partial charge in [-0.3, -0.25) is 14.5 Å². The second-order valence-corrected chi connectivity index (χ2v) is 7.65. The molecule has 0 saturated carbocycles. The number of hydrogen-bond acceptors (Lipinski definition) is 5. The van der Waals surface area contributed by atoms with Gasteiger partial charge in [-0.1, -0.05) is 30.3 Å². The Morgan fingerprint density at radius 1 is 0.857 bits per heavy atom. The molecule has 2 rings (SSSR count). The summed E-state index contributed by atoms with van der Waals surface area (Å²) in [5.74, 6) is 0.194. The zero-order valence-corrected chi connectivity index (χ0v) is 17.6. The molecular formula is C21H35N5O2. The molecule has 0 radical (unpaired) electrons. The van der Waals surface area contributed by atoms with E-state index >= 15 is 0 Å². The minimum Gasteiger partial charge on any atom is -0.351 e. The van der Waals surface area contributed by atoms with Crippen LogP contribution in [0.25, 0.3) is 0 Å². The van der Waals surface area contributed by atoms with Gasteiger partial charge in [-0.2, -0.15) is 0 Å². The highest BCUT2D eigenvalue weighted by Gasteiger charge is 2.16. The van der Waals surface area contributed by atoms with Crippen LogP contribution in [0.3, 0.4) is 0 Å². The first-order valence-electron chi connectivity index (χ1n) is 10.1. The van der Waals surface area contributed by atoms with E-state index in [1.54, 1.807) is 6.92 Å². The maximum atomic E-state index is 12.4. The first-order valence-corrected chi connectivity index (χ1v) is 10.1. The summed E-state index contributed by atoms with van der Waals surface area (Å²) in [7, 11) is 4.15. The smallest absolute Gasteiger partial charge is 0.234 e. The zero-order chi connectivity index (χ0) is 20.4.